The summed E-state index contributed by atoms with van der Waals surface area (Å²) in [6.45, 7) is 28.0. The van der Waals surface area contributed by atoms with Crippen molar-refractivity contribution in [2.75, 3.05) is 21.4 Å². The maximum atomic E-state index is 6.93. The lowest BCUT2D eigenvalue weighted by atomic mass is 9.34. The van der Waals surface area contributed by atoms with E-state index in [0.29, 0.717) is 6.67 Å². The lowest BCUT2D eigenvalue weighted by molar-refractivity contribution is 0.483. The SMILES string of the molecule is Cc1cc(C)c(B2c3ccccc3N(c3cc(C(C)(C)C)ccn3)c3cc(Oc4cccc(N5CN(c6cc(C(C)(C)C)ccc6C(C)(C)C)c6ccccc65)c4)ccc32)c(C)c1. The van der Waals surface area contributed by atoms with Crippen LogP contribution in [0.4, 0.5) is 39.9 Å². The number of aryl methyl sites for hydroxylation is 3. The van der Waals surface area contributed by atoms with Gasteiger partial charge in [0.05, 0.1) is 11.4 Å². The van der Waals surface area contributed by atoms with Gasteiger partial charge in [-0.2, -0.15) is 0 Å². The molecule has 0 amide bonds. The highest BCUT2D eigenvalue weighted by Crippen LogP contribution is 2.48. The predicted octanol–water partition coefficient (Wildman–Crippen LogP) is 13.2. The first-order valence-corrected chi connectivity index (χ1v) is 22.5. The summed E-state index contributed by atoms with van der Waals surface area (Å²) in [5, 5.41) is 0. The molecule has 63 heavy (non-hydrogen) atoms. The number of nitrogens with zero attached hydrogens (tertiary/aromatic N) is 4. The highest BCUT2D eigenvalue weighted by Gasteiger charge is 2.38. The number of para-hydroxylation sites is 3. The van der Waals surface area contributed by atoms with Gasteiger partial charge < -0.3 is 14.5 Å². The van der Waals surface area contributed by atoms with E-state index in [1.54, 1.807) is 0 Å². The number of ether oxygens (including phenoxy) is 1. The second kappa shape index (κ2) is 15.5. The van der Waals surface area contributed by atoms with Gasteiger partial charge >= 0.3 is 0 Å². The zero-order valence-corrected chi connectivity index (χ0v) is 39.3. The third-order valence-corrected chi connectivity index (χ3v) is 13.0. The molecule has 7 aromatic rings. The van der Waals surface area contributed by atoms with Crippen LogP contribution in [0.5, 0.6) is 11.5 Å². The van der Waals surface area contributed by atoms with Crippen molar-refractivity contribution in [2.24, 2.45) is 0 Å². The molecule has 0 fully saturated rings. The quantitative estimate of drug-likeness (QED) is 0.156. The highest BCUT2D eigenvalue weighted by atomic mass is 16.5. The van der Waals surface area contributed by atoms with Crippen LogP contribution in [0.2, 0.25) is 0 Å². The Hall–Kier alpha value is -6.27. The summed E-state index contributed by atoms with van der Waals surface area (Å²) >= 11 is 0. The molecule has 6 aromatic carbocycles. The predicted molar refractivity (Wildman–Crippen MR) is 269 cm³/mol. The third kappa shape index (κ3) is 7.79. The summed E-state index contributed by atoms with van der Waals surface area (Å²) in [5.41, 5.74) is 18.5. The molecule has 0 bridgehead atoms. The van der Waals surface area contributed by atoms with Crippen molar-refractivity contribution < 1.29 is 4.74 Å². The molecule has 3 heterocycles. The Morgan fingerprint density at radius 1 is 0.508 bits per heavy atom. The van der Waals surface area contributed by atoms with Crippen molar-refractivity contribution in [2.45, 2.75) is 99.3 Å². The minimum absolute atomic E-state index is 0.0271. The fourth-order valence-corrected chi connectivity index (χ4v) is 9.82. The molecular weight excluding hydrogens is 767 g/mol. The molecule has 9 rings (SSSR count). The van der Waals surface area contributed by atoms with Gasteiger partial charge in [0.1, 0.15) is 24.0 Å². The van der Waals surface area contributed by atoms with Gasteiger partial charge in [-0.25, -0.2) is 4.98 Å². The van der Waals surface area contributed by atoms with Gasteiger partial charge in [0.2, 0.25) is 6.71 Å². The van der Waals surface area contributed by atoms with E-state index < -0.39 is 0 Å². The Kier molecular flexibility index (Phi) is 10.4. The number of rotatable bonds is 6. The van der Waals surface area contributed by atoms with Crippen LogP contribution in [-0.2, 0) is 16.2 Å². The Bertz CT molecular complexity index is 2850. The topological polar surface area (TPSA) is 31.8 Å². The molecule has 0 saturated heterocycles. The van der Waals surface area contributed by atoms with Crippen LogP contribution in [0.25, 0.3) is 0 Å². The Labute approximate surface area is 376 Å². The summed E-state index contributed by atoms with van der Waals surface area (Å²) in [5.74, 6) is 2.45. The van der Waals surface area contributed by atoms with Crippen LogP contribution in [0, 0.1) is 20.8 Å². The molecule has 0 N–H and O–H groups in total. The minimum atomic E-state index is -0.0390. The van der Waals surface area contributed by atoms with E-state index in [2.05, 4.69) is 231 Å². The number of anilines is 7. The summed E-state index contributed by atoms with van der Waals surface area (Å²) < 4.78 is 6.93. The van der Waals surface area contributed by atoms with Gasteiger partial charge in [0.25, 0.3) is 0 Å². The number of hydrogen-bond acceptors (Lipinski definition) is 5. The molecule has 0 unspecified atom stereocenters. The first-order chi connectivity index (χ1) is 29.9. The van der Waals surface area contributed by atoms with E-state index in [-0.39, 0.29) is 23.0 Å². The zero-order valence-electron chi connectivity index (χ0n) is 39.3. The first-order valence-electron chi connectivity index (χ1n) is 22.5. The monoisotopic (exact) mass is 828 g/mol. The Morgan fingerprint density at radius 2 is 1.13 bits per heavy atom. The second-order valence-electron chi connectivity index (χ2n) is 20.8. The van der Waals surface area contributed by atoms with Crippen molar-refractivity contribution in [3.05, 3.63) is 173 Å². The van der Waals surface area contributed by atoms with Gasteiger partial charge in [-0.05, 0) is 119 Å². The van der Waals surface area contributed by atoms with Crippen LogP contribution in [-0.4, -0.2) is 18.4 Å². The molecule has 0 saturated carbocycles. The largest absolute Gasteiger partial charge is 0.457 e. The molecule has 2 aliphatic heterocycles. The molecule has 0 atom stereocenters. The molecule has 6 heteroatoms. The number of benzene rings is 6. The minimum Gasteiger partial charge on any atom is -0.457 e. The van der Waals surface area contributed by atoms with Crippen molar-refractivity contribution in [3.8, 4) is 11.5 Å². The third-order valence-electron chi connectivity index (χ3n) is 13.0. The molecule has 5 nitrogen and oxygen atoms in total. The second-order valence-corrected chi connectivity index (χ2v) is 20.8. The molecule has 2 aliphatic rings. The summed E-state index contributed by atoms with van der Waals surface area (Å²) in [7, 11) is 0. The molecule has 1 aromatic heterocycles. The summed E-state index contributed by atoms with van der Waals surface area (Å²) in [6.07, 6.45) is 1.95. The standard InChI is InChI=1S/C57H61BN4O/c1-37-30-38(2)54(39(3)31-37)58-46-20-13-14-21-48(46)62(53-33-41(28-29-59-53)56(7,8)9)52-35-44(25-27-47(52)58)63-43-19-17-18-42(34-43)60-36-61(50-23-16-15-22-49(50)60)51-32-40(55(4,5)6)24-26-45(51)57(10,11)12/h13-35H,36H2,1-12H3. The van der Waals surface area contributed by atoms with Gasteiger partial charge in [-0.1, -0.05) is 151 Å². The van der Waals surface area contributed by atoms with Crippen LogP contribution >= 0.6 is 0 Å². The summed E-state index contributed by atoms with van der Waals surface area (Å²) in [4.78, 5) is 12.3. The average Bonchev–Trinajstić information content (AvgIpc) is 3.62. The maximum Gasteiger partial charge on any atom is 0.247 e. The lowest BCUT2D eigenvalue weighted by Crippen LogP contribution is -2.58. The normalized spacial score (nSPS) is 13.8. The van der Waals surface area contributed by atoms with Crippen molar-refractivity contribution in [1.82, 2.24) is 4.98 Å². The number of fused-ring (bicyclic) bond motifs is 3. The van der Waals surface area contributed by atoms with E-state index in [4.69, 9.17) is 9.72 Å². The van der Waals surface area contributed by atoms with E-state index in [9.17, 15) is 0 Å². The molecule has 0 spiro atoms. The Balaban J connectivity index is 1.13. The summed E-state index contributed by atoms with van der Waals surface area (Å²) in [6, 6.07) is 48.9. The van der Waals surface area contributed by atoms with E-state index in [1.807, 2.05) is 6.20 Å². The van der Waals surface area contributed by atoms with Crippen LogP contribution in [0.15, 0.2) is 140 Å². The van der Waals surface area contributed by atoms with Gasteiger partial charge in [0, 0.05) is 41.1 Å². The fraction of sp³-hybridized carbons (Fsp3) is 0.281. The van der Waals surface area contributed by atoms with Crippen molar-refractivity contribution in [1.29, 1.82) is 0 Å². The van der Waals surface area contributed by atoms with Gasteiger partial charge in [-0.15, -0.1) is 0 Å². The average molecular weight is 829 g/mol. The number of aromatic nitrogens is 1. The Morgan fingerprint density at radius 3 is 1.81 bits per heavy atom. The fourth-order valence-electron chi connectivity index (χ4n) is 9.82. The number of pyridine rings is 1. The molecule has 0 radical (unpaired) electrons. The molecule has 318 valence electrons. The highest BCUT2D eigenvalue weighted by molar-refractivity contribution is 6.98. The van der Waals surface area contributed by atoms with E-state index in [1.165, 1.54) is 66.8 Å². The molecule has 0 aliphatic carbocycles. The van der Waals surface area contributed by atoms with Gasteiger partial charge in [-0.3, -0.25) is 4.90 Å². The van der Waals surface area contributed by atoms with Crippen molar-refractivity contribution in [3.63, 3.8) is 0 Å². The van der Waals surface area contributed by atoms with Crippen LogP contribution in [0.3, 0.4) is 0 Å². The first kappa shape index (κ1) is 42.1. The van der Waals surface area contributed by atoms with Crippen molar-refractivity contribution >= 4 is 63.0 Å². The smallest absolute Gasteiger partial charge is 0.247 e. The number of hydrogen-bond donors (Lipinski definition) is 0. The zero-order chi connectivity index (χ0) is 44.6. The maximum absolute atomic E-state index is 6.93. The van der Waals surface area contributed by atoms with Gasteiger partial charge in [0.15, 0.2) is 0 Å². The van der Waals surface area contributed by atoms with Crippen LogP contribution in [0.1, 0.15) is 95.7 Å². The van der Waals surface area contributed by atoms with Crippen LogP contribution < -0.4 is 35.8 Å². The lowest BCUT2D eigenvalue weighted by Gasteiger charge is -2.37. The van der Waals surface area contributed by atoms with E-state index >= 15 is 0 Å². The molecular formula is C57H61BN4O. The van der Waals surface area contributed by atoms with E-state index in [0.717, 1.165) is 34.4 Å².